The first-order valence-electron chi connectivity index (χ1n) is 14.5. The molecule has 0 spiro atoms. The summed E-state index contributed by atoms with van der Waals surface area (Å²) in [4.78, 5) is 24.4. The second-order valence-corrected chi connectivity index (χ2v) is 11.6. The van der Waals surface area contributed by atoms with Crippen molar-refractivity contribution in [3.8, 4) is 22.6 Å². The van der Waals surface area contributed by atoms with Gasteiger partial charge >= 0.3 is 18.2 Å². The molecule has 11 heteroatoms. The van der Waals surface area contributed by atoms with Crippen LogP contribution in [0.15, 0.2) is 60.7 Å². The highest BCUT2D eigenvalue weighted by molar-refractivity contribution is 5.90. The van der Waals surface area contributed by atoms with E-state index in [9.17, 15) is 18.0 Å². The van der Waals surface area contributed by atoms with E-state index in [2.05, 4.69) is 71.1 Å². The number of amides is 2. The summed E-state index contributed by atoms with van der Waals surface area (Å²) >= 11 is 0. The summed E-state index contributed by atoms with van der Waals surface area (Å²) in [5.74, 6) is -1.22. The van der Waals surface area contributed by atoms with E-state index < -0.39 is 12.1 Å². The molecular formula is C33H36F3N3O5. The Morgan fingerprint density at radius 2 is 1.66 bits per heavy atom. The number of nitrogens with zero attached hydrogens (tertiary/aromatic N) is 1. The predicted octanol–water partition coefficient (Wildman–Crippen LogP) is 6.22. The molecule has 3 unspecified atom stereocenters. The molecule has 3 atom stereocenters. The molecule has 2 aliphatic carbocycles. The number of benzene rings is 3. The summed E-state index contributed by atoms with van der Waals surface area (Å²) in [6.07, 6.45) is -0.152. The predicted molar refractivity (Wildman–Crippen MR) is 160 cm³/mol. The molecule has 1 aliphatic heterocycles. The van der Waals surface area contributed by atoms with Gasteiger partial charge in [0.1, 0.15) is 0 Å². The first-order chi connectivity index (χ1) is 20.9. The number of methoxy groups -OCH3 is 2. The lowest BCUT2D eigenvalue weighted by Gasteiger charge is -2.45. The molecule has 1 saturated carbocycles. The van der Waals surface area contributed by atoms with Crippen LogP contribution in [-0.4, -0.2) is 68.1 Å². The number of hydrogen-bond donors (Lipinski definition) is 3. The quantitative estimate of drug-likeness (QED) is 0.248. The minimum atomic E-state index is -5.08. The van der Waals surface area contributed by atoms with Crippen molar-refractivity contribution in [2.45, 2.75) is 55.8 Å². The number of carboxylic acid groups (broad SMARTS) is 1. The lowest BCUT2D eigenvalue weighted by atomic mass is 9.65. The van der Waals surface area contributed by atoms with E-state index in [1.807, 2.05) is 12.1 Å². The number of hydrogen-bond acceptors (Lipinski definition) is 5. The third kappa shape index (κ3) is 6.19. The fourth-order valence-electron chi connectivity index (χ4n) is 6.97. The Morgan fingerprint density at radius 3 is 2.36 bits per heavy atom. The number of ether oxygens (including phenoxy) is 2. The molecule has 234 valence electrons. The Morgan fingerprint density at radius 1 is 0.955 bits per heavy atom. The number of urea groups is 1. The lowest BCUT2D eigenvalue weighted by molar-refractivity contribution is -0.192. The van der Waals surface area contributed by atoms with Crippen molar-refractivity contribution in [2.75, 3.05) is 33.1 Å². The van der Waals surface area contributed by atoms with Crippen molar-refractivity contribution in [3.05, 3.63) is 77.4 Å². The molecule has 3 N–H and O–H groups in total. The number of likely N-dealkylation sites (N-methyl/N-ethyl adjacent to an activating group) is 1. The van der Waals surface area contributed by atoms with Crippen LogP contribution in [-0.2, 0) is 16.6 Å². The average Bonchev–Trinajstić information content (AvgIpc) is 3.54. The van der Waals surface area contributed by atoms with E-state index in [4.69, 9.17) is 19.4 Å². The van der Waals surface area contributed by atoms with E-state index in [1.54, 1.807) is 14.2 Å². The van der Waals surface area contributed by atoms with Crippen molar-refractivity contribution in [1.82, 2.24) is 10.2 Å². The van der Waals surface area contributed by atoms with Gasteiger partial charge in [-0.2, -0.15) is 13.2 Å². The molecule has 0 aromatic heterocycles. The van der Waals surface area contributed by atoms with Gasteiger partial charge in [0.25, 0.3) is 0 Å². The molecule has 0 radical (unpaired) electrons. The second-order valence-electron chi connectivity index (χ2n) is 11.6. The normalized spacial score (nSPS) is 22.0. The molecular weight excluding hydrogens is 575 g/mol. The van der Waals surface area contributed by atoms with Gasteiger partial charge in [0, 0.05) is 23.2 Å². The summed E-state index contributed by atoms with van der Waals surface area (Å²) in [6.45, 7) is 1.05. The van der Waals surface area contributed by atoms with E-state index in [1.165, 1.54) is 27.8 Å². The maximum atomic E-state index is 13.0. The summed E-state index contributed by atoms with van der Waals surface area (Å²) in [7, 11) is 5.57. The molecule has 6 rings (SSSR count). The smallest absolute Gasteiger partial charge is 0.490 e. The van der Waals surface area contributed by atoms with Crippen LogP contribution in [0, 0.1) is 0 Å². The van der Waals surface area contributed by atoms with Gasteiger partial charge in [-0.05, 0) is 97.8 Å². The molecule has 1 saturated heterocycles. The third-order valence-corrected chi connectivity index (χ3v) is 9.11. The topological polar surface area (TPSA) is 100 Å². The lowest BCUT2D eigenvalue weighted by Crippen LogP contribution is -2.52. The van der Waals surface area contributed by atoms with Gasteiger partial charge in [-0.25, -0.2) is 9.59 Å². The van der Waals surface area contributed by atoms with Gasteiger partial charge in [-0.3, -0.25) is 0 Å². The van der Waals surface area contributed by atoms with Gasteiger partial charge in [0.15, 0.2) is 11.5 Å². The van der Waals surface area contributed by atoms with Gasteiger partial charge in [-0.1, -0.05) is 36.4 Å². The zero-order chi connectivity index (χ0) is 31.6. The molecule has 3 aromatic carbocycles. The highest BCUT2D eigenvalue weighted by Gasteiger charge is 2.50. The molecule has 3 aliphatic rings. The van der Waals surface area contributed by atoms with Crippen LogP contribution in [0.25, 0.3) is 11.1 Å². The van der Waals surface area contributed by atoms with Crippen LogP contribution in [0.5, 0.6) is 11.5 Å². The Labute approximate surface area is 254 Å². The highest BCUT2D eigenvalue weighted by atomic mass is 19.4. The van der Waals surface area contributed by atoms with E-state index in [-0.39, 0.29) is 17.5 Å². The largest absolute Gasteiger partial charge is 0.493 e. The Balaban J connectivity index is 0.000000493. The fourth-order valence-corrected chi connectivity index (χ4v) is 6.97. The number of fused-ring (bicyclic) bond motifs is 4. The minimum absolute atomic E-state index is 0.0674. The maximum Gasteiger partial charge on any atom is 0.490 e. The van der Waals surface area contributed by atoms with Crippen molar-refractivity contribution >= 4 is 17.7 Å². The zero-order valence-corrected chi connectivity index (χ0v) is 24.8. The number of rotatable bonds is 5. The van der Waals surface area contributed by atoms with Crippen LogP contribution in [0.4, 0.5) is 23.7 Å². The highest BCUT2D eigenvalue weighted by Crippen LogP contribution is 2.50. The number of anilines is 1. The number of likely N-dealkylation sites (tertiary alicyclic amines) is 1. The molecule has 44 heavy (non-hydrogen) atoms. The number of carbonyl (C=O) groups excluding carboxylic acids is 1. The van der Waals surface area contributed by atoms with E-state index in [0.717, 1.165) is 55.8 Å². The van der Waals surface area contributed by atoms with Gasteiger partial charge in [-0.15, -0.1) is 0 Å². The van der Waals surface area contributed by atoms with Crippen molar-refractivity contribution in [1.29, 1.82) is 0 Å². The summed E-state index contributed by atoms with van der Waals surface area (Å²) in [5.41, 5.74) is 7.40. The number of aliphatic carboxylic acids is 1. The van der Waals surface area contributed by atoms with Crippen molar-refractivity contribution < 1.29 is 37.3 Å². The molecule has 3 aromatic rings. The maximum absolute atomic E-state index is 13.0. The van der Waals surface area contributed by atoms with Crippen LogP contribution in [0.1, 0.15) is 42.4 Å². The Kier molecular flexibility index (Phi) is 8.78. The Bertz CT molecular complexity index is 1550. The summed E-state index contributed by atoms with van der Waals surface area (Å²) in [5, 5.41) is 13.5. The second kappa shape index (κ2) is 12.4. The minimum Gasteiger partial charge on any atom is -0.493 e. The average molecular weight is 612 g/mol. The van der Waals surface area contributed by atoms with Crippen LogP contribution in [0.3, 0.4) is 0 Å². The van der Waals surface area contributed by atoms with Crippen LogP contribution < -0.4 is 20.1 Å². The SMILES string of the molecule is COc1ccc(C23CCC(NC(=O)Nc4ccc5c(c4)Cc4ccccc4-5)CC2N(C)CC3)cc1OC.O=C(O)C(F)(F)F. The molecule has 8 nitrogen and oxygen atoms in total. The van der Waals surface area contributed by atoms with E-state index >= 15 is 0 Å². The number of carboxylic acids is 1. The third-order valence-electron chi connectivity index (χ3n) is 9.11. The van der Waals surface area contributed by atoms with Crippen LogP contribution in [0.2, 0.25) is 0 Å². The molecule has 0 bridgehead atoms. The fraction of sp³-hybridized carbons (Fsp3) is 0.394. The van der Waals surface area contributed by atoms with Crippen molar-refractivity contribution in [3.63, 3.8) is 0 Å². The number of halogens is 3. The van der Waals surface area contributed by atoms with E-state index in [0.29, 0.717) is 6.04 Å². The van der Waals surface area contributed by atoms with Gasteiger partial charge in [0.2, 0.25) is 0 Å². The molecule has 2 fully saturated rings. The summed E-state index contributed by atoms with van der Waals surface area (Å²) < 4.78 is 42.8. The standard InChI is InChI=1S/C31H35N3O3.C2HF3O2/c1-34-15-14-31(22-8-11-27(36-2)28(18-22)37-3)13-12-24(19-29(31)34)33-30(35)32-23-9-10-26-21(17-23)16-20-6-4-5-7-25(20)26;3-2(4,5)1(6)7/h4-11,17-18,24,29H,12-16,19H2,1-3H3,(H2,32,33,35);(H,6,7). The van der Waals surface area contributed by atoms with Gasteiger partial charge in [0.05, 0.1) is 14.2 Å². The van der Waals surface area contributed by atoms with Gasteiger partial charge < -0.3 is 30.1 Å². The first-order valence-corrected chi connectivity index (χ1v) is 14.5. The van der Waals surface area contributed by atoms with Crippen molar-refractivity contribution in [2.24, 2.45) is 0 Å². The first kappa shape index (κ1) is 31.2. The number of alkyl halides is 3. The van der Waals surface area contributed by atoms with Crippen LogP contribution >= 0.6 is 0 Å². The molecule has 1 heterocycles. The Hall–Kier alpha value is -4.25. The number of carbonyl (C=O) groups is 2. The zero-order valence-electron chi connectivity index (χ0n) is 24.8. The molecule has 2 amide bonds. The summed E-state index contributed by atoms with van der Waals surface area (Å²) in [6, 6.07) is 21.5. The number of nitrogens with one attached hydrogen (secondary N) is 2. The monoisotopic (exact) mass is 611 g/mol.